The molecule has 3 heteroatoms. The molecule has 4 rings (SSSR count). The van der Waals surface area contributed by atoms with Crippen molar-refractivity contribution in [2.45, 2.75) is 45.4 Å². The zero-order valence-corrected chi connectivity index (χ0v) is 11.8. The lowest BCUT2D eigenvalue weighted by Gasteiger charge is -2.55. The average molecular weight is 260 g/mol. The van der Waals surface area contributed by atoms with Gasteiger partial charge >= 0.3 is 0 Å². The standard InChI is InChI=1S/C16H24N2O/c1-2-18-15(19)8-14(9-17)16-12-4-10-3-11(6-12)7-13(16)5-10/h10-14,16H,2-8H2,1H3,(H,18,19). The van der Waals surface area contributed by atoms with Crippen LogP contribution in [0.25, 0.3) is 0 Å². The van der Waals surface area contributed by atoms with Gasteiger partial charge < -0.3 is 5.32 Å². The molecule has 104 valence electrons. The maximum Gasteiger partial charge on any atom is 0.221 e. The van der Waals surface area contributed by atoms with Crippen molar-refractivity contribution in [2.24, 2.45) is 35.5 Å². The Morgan fingerprint density at radius 1 is 1.21 bits per heavy atom. The topological polar surface area (TPSA) is 52.9 Å². The minimum atomic E-state index is -0.0541. The predicted molar refractivity (Wildman–Crippen MR) is 72.9 cm³/mol. The summed E-state index contributed by atoms with van der Waals surface area (Å²) in [6.45, 7) is 2.60. The first kappa shape index (κ1) is 13.0. The van der Waals surface area contributed by atoms with Crippen molar-refractivity contribution in [3.8, 4) is 6.07 Å². The Morgan fingerprint density at radius 2 is 1.79 bits per heavy atom. The molecule has 4 saturated carbocycles. The highest BCUT2D eigenvalue weighted by molar-refractivity contribution is 5.76. The van der Waals surface area contributed by atoms with Gasteiger partial charge in [0.15, 0.2) is 0 Å². The van der Waals surface area contributed by atoms with Crippen LogP contribution in [-0.4, -0.2) is 12.5 Å². The third-order valence-corrected chi connectivity index (χ3v) is 5.71. The monoisotopic (exact) mass is 260 g/mol. The Balaban J connectivity index is 1.70. The fraction of sp³-hybridized carbons (Fsp3) is 0.875. The molecule has 0 aromatic rings. The predicted octanol–water partition coefficient (Wildman–Crippen LogP) is 2.72. The SMILES string of the molecule is CCNC(=O)CC(C#N)C1C2CC3CC(C2)CC1C3. The van der Waals surface area contributed by atoms with Crippen LogP contribution in [0, 0.1) is 46.8 Å². The first-order chi connectivity index (χ1) is 9.21. The number of nitrogens with zero attached hydrogens (tertiary/aromatic N) is 1. The summed E-state index contributed by atoms with van der Waals surface area (Å²) in [7, 11) is 0. The molecule has 4 aliphatic carbocycles. The van der Waals surface area contributed by atoms with E-state index in [1.54, 1.807) is 0 Å². The highest BCUT2D eigenvalue weighted by atomic mass is 16.1. The molecule has 1 unspecified atom stereocenters. The molecule has 0 aromatic carbocycles. The zero-order chi connectivity index (χ0) is 13.4. The number of hydrogen-bond acceptors (Lipinski definition) is 2. The Kier molecular flexibility index (Phi) is 3.52. The third-order valence-electron chi connectivity index (χ3n) is 5.71. The summed E-state index contributed by atoms with van der Waals surface area (Å²) in [5.41, 5.74) is 0. The second kappa shape index (κ2) is 5.15. The van der Waals surface area contributed by atoms with Crippen LogP contribution >= 0.6 is 0 Å². The summed E-state index contributed by atoms with van der Waals surface area (Å²) >= 11 is 0. The van der Waals surface area contributed by atoms with Gasteiger partial charge in [-0.05, 0) is 68.6 Å². The van der Waals surface area contributed by atoms with Gasteiger partial charge in [0.1, 0.15) is 0 Å². The smallest absolute Gasteiger partial charge is 0.221 e. The molecule has 0 saturated heterocycles. The fourth-order valence-corrected chi connectivity index (χ4v) is 5.36. The molecule has 0 heterocycles. The fourth-order valence-electron chi connectivity index (χ4n) is 5.36. The molecule has 4 bridgehead atoms. The van der Waals surface area contributed by atoms with Crippen LogP contribution < -0.4 is 5.32 Å². The van der Waals surface area contributed by atoms with Crippen molar-refractivity contribution in [3.05, 3.63) is 0 Å². The van der Waals surface area contributed by atoms with E-state index in [2.05, 4.69) is 11.4 Å². The minimum absolute atomic E-state index is 0.0541. The highest BCUT2D eigenvalue weighted by Crippen LogP contribution is 2.58. The van der Waals surface area contributed by atoms with Crippen LogP contribution in [-0.2, 0) is 4.79 Å². The van der Waals surface area contributed by atoms with E-state index in [4.69, 9.17) is 0 Å². The van der Waals surface area contributed by atoms with Crippen LogP contribution in [0.15, 0.2) is 0 Å². The second-order valence-electron chi connectivity index (χ2n) is 6.90. The van der Waals surface area contributed by atoms with Crippen LogP contribution in [0.3, 0.4) is 0 Å². The van der Waals surface area contributed by atoms with Crippen molar-refractivity contribution in [2.75, 3.05) is 6.54 Å². The first-order valence-corrected chi connectivity index (χ1v) is 7.87. The van der Waals surface area contributed by atoms with Crippen LogP contribution in [0.5, 0.6) is 0 Å². The third kappa shape index (κ3) is 2.38. The van der Waals surface area contributed by atoms with Gasteiger partial charge in [-0.25, -0.2) is 0 Å². The number of carbonyl (C=O) groups excluding carboxylic acids is 1. The van der Waals surface area contributed by atoms with Gasteiger partial charge in [-0.3, -0.25) is 4.79 Å². The maximum absolute atomic E-state index is 11.8. The van der Waals surface area contributed by atoms with Gasteiger partial charge in [-0.2, -0.15) is 5.26 Å². The Labute approximate surface area is 115 Å². The molecule has 1 atom stereocenters. The van der Waals surface area contributed by atoms with Crippen LogP contribution in [0.2, 0.25) is 0 Å². The number of rotatable bonds is 4. The largest absolute Gasteiger partial charge is 0.356 e. The van der Waals surface area contributed by atoms with E-state index in [1.165, 1.54) is 32.1 Å². The van der Waals surface area contributed by atoms with Crippen LogP contribution in [0.1, 0.15) is 45.4 Å². The second-order valence-corrected chi connectivity index (χ2v) is 6.90. The molecule has 0 aromatic heterocycles. The number of hydrogen-bond donors (Lipinski definition) is 1. The van der Waals surface area contributed by atoms with E-state index < -0.39 is 0 Å². The lowest BCUT2D eigenvalue weighted by atomic mass is 9.49. The zero-order valence-electron chi connectivity index (χ0n) is 11.8. The van der Waals surface area contributed by atoms with E-state index in [0.717, 1.165) is 23.7 Å². The Bertz CT molecular complexity index is 370. The maximum atomic E-state index is 11.8. The summed E-state index contributed by atoms with van der Waals surface area (Å²) < 4.78 is 0. The Morgan fingerprint density at radius 3 is 2.26 bits per heavy atom. The Hall–Kier alpha value is -1.04. The normalized spacial score (nSPS) is 40.7. The van der Waals surface area contributed by atoms with Gasteiger partial charge in [0.25, 0.3) is 0 Å². The van der Waals surface area contributed by atoms with Crippen molar-refractivity contribution in [3.63, 3.8) is 0 Å². The van der Waals surface area contributed by atoms with E-state index in [0.29, 0.717) is 18.9 Å². The summed E-state index contributed by atoms with van der Waals surface area (Å²) in [4.78, 5) is 11.8. The van der Waals surface area contributed by atoms with Crippen molar-refractivity contribution < 1.29 is 4.79 Å². The van der Waals surface area contributed by atoms with E-state index in [-0.39, 0.29) is 11.8 Å². The molecule has 1 amide bonds. The first-order valence-electron chi connectivity index (χ1n) is 7.87. The minimum Gasteiger partial charge on any atom is -0.356 e. The van der Waals surface area contributed by atoms with Crippen molar-refractivity contribution in [1.29, 1.82) is 5.26 Å². The molecule has 0 aliphatic heterocycles. The molecular weight excluding hydrogens is 236 g/mol. The van der Waals surface area contributed by atoms with Crippen molar-refractivity contribution in [1.82, 2.24) is 5.32 Å². The van der Waals surface area contributed by atoms with Crippen LogP contribution in [0.4, 0.5) is 0 Å². The van der Waals surface area contributed by atoms with Gasteiger partial charge in [-0.15, -0.1) is 0 Å². The average Bonchev–Trinajstić information content (AvgIpc) is 2.36. The lowest BCUT2D eigenvalue weighted by Crippen LogP contribution is -2.48. The molecule has 1 N–H and O–H groups in total. The van der Waals surface area contributed by atoms with Gasteiger partial charge in [0.2, 0.25) is 5.91 Å². The summed E-state index contributed by atoms with van der Waals surface area (Å²) in [5, 5.41) is 12.3. The summed E-state index contributed by atoms with van der Waals surface area (Å²) in [5.74, 6) is 3.83. The molecule has 0 spiro atoms. The molecular formula is C16H24N2O. The molecule has 4 aliphatic rings. The van der Waals surface area contributed by atoms with E-state index in [1.807, 2.05) is 6.92 Å². The highest BCUT2D eigenvalue weighted by Gasteiger charge is 2.50. The number of nitrogens with one attached hydrogen (secondary N) is 1. The number of carbonyl (C=O) groups is 1. The van der Waals surface area contributed by atoms with E-state index in [9.17, 15) is 10.1 Å². The van der Waals surface area contributed by atoms with Gasteiger partial charge in [0, 0.05) is 13.0 Å². The number of nitriles is 1. The number of amides is 1. The molecule has 4 fully saturated rings. The molecule has 19 heavy (non-hydrogen) atoms. The van der Waals surface area contributed by atoms with Gasteiger partial charge in [0.05, 0.1) is 12.0 Å². The summed E-state index contributed by atoms with van der Waals surface area (Å²) in [6, 6.07) is 2.46. The molecule has 3 nitrogen and oxygen atoms in total. The van der Waals surface area contributed by atoms with Gasteiger partial charge in [-0.1, -0.05) is 0 Å². The summed E-state index contributed by atoms with van der Waals surface area (Å²) in [6.07, 6.45) is 7.15. The van der Waals surface area contributed by atoms with E-state index >= 15 is 0 Å². The quantitative estimate of drug-likeness (QED) is 0.845. The van der Waals surface area contributed by atoms with Crippen molar-refractivity contribution >= 4 is 5.91 Å². The lowest BCUT2D eigenvalue weighted by molar-refractivity contribution is -0.123. The molecule has 0 radical (unpaired) electrons.